The molecule has 5 nitrogen and oxygen atoms in total. The molecule has 4 rings (SSSR count). The fourth-order valence-electron chi connectivity index (χ4n) is 3.69. The third-order valence-corrected chi connectivity index (χ3v) is 6.40. The van der Waals surface area contributed by atoms with Crippen LogP contribution >= 0.6 is 11.3 Å². The van der Waals surface area contributed by atoms with Crippen molar-refractivity contribution < 1.29 is 9.53 Å². The molecule has 2 aromatic heterocycles. The number of carbonyl (C=O) groups excluding carboxylic acids is 1. The number of nitrogens with one attached hydrogen (secondary N) is 1. The zero-order chi connectivity index (χ0) is 19.5. The van der Waals surface area contributed by atoms with Crippen molar-refractivity contribution in [3.63, 3.8) is 0 Å². The maximum absolute atomic E-state index is 12.6. The number of benzene rings is 1. The Labute approximate surface area is 169 Å². The van der Waals surface area contributed by atoms with E-state index in [0.29, 0.717) is 6.54 Å². The van der Waals surface area contributed by atoms with Crippen LogP contribution in [0, 0.1) is 0 Å². The maximum atomic E-state index is 12.6. The largest absolute Gasteiger partial charge is 0.497 e. The lowest BCUT2D eigenvalue weighted by Gasteiger charge is -2.12. The van der Waals surface area contributed by atoms with Gasteiger partial charge < -0.3 is 10.1 Å². The van der Waals surface area contributed by atoms with Crippen LogP contribution in [0.3, 0.4) is 0 Å². The van der Waals surface area contributed by atoms with Gasteiger partial charge in [-0.2, -0.15) is 5.10 Å². The smallest absolute Gasteiger partial charge is 0.261 e. The van der Waals surface area contributed by atoms with Gasteiger partial charge in [0, 0.05) is 24.5 Å². The monoisotopic (exact) mass is 395 g/mol. The number of rotatable bonds is 6. The van der Waals surface area contributed by atoms with Crippen molar-refractivity contribution in [3.05, 3.63) is 46.9 Å². The van der Waals surface area contributed by atoms with E-state index in [1.807, 2.05) is 42.1 Å². The van der Waals surface area contributed by atoms with Crippen molar-refractivity contribution in [2.45, 2.75) is 32.1 Å². The highest BCUT2D eigenvalue weighted by Crippen LogP contribution is 2.34. The number of hydrogen-bond acceptors (Lipinski definition) is 4. The number of aromatic nitrogens is 2. The van der Waals surface area contributed by atoms with E-state index in [0.717, 1.165) is 38.5 Å². The van der Waals surface area contributed by atoms with Gasteiger partial charge >= 0.3 is 0 Å². The summed E-state index contributed by atoms with van der Waals surface area (Å²) in [6, 6.07) is 9.81. The first-order valence-corrected chi connectivity index (χ1v) is 10.5. The van der Waals surface area contributed by atoms with Crippen LogP contribution in [0.4, 0.5) is 0 Å². The fourth-order valence-corrected chi connectivity index (χ4v) is 4.68. The molecule has 146 valence electrons. The lowest BCUT2D eigenvalue weighted by atomic mass is 9.97. The van der Waals surface area contributed by atoms with Gasteiger partial charge in [0.15, 0.2) is 0 Å². The van der Waals surface area contributed by atoms with Crippen LogP contribution in [0.5, 0.6) is 5.75 Å². The lowest BCUT2D eigenvalue weighted by molar-refractivity contribution is 0.0958. The van der Waals surface area contributed by atoms with Gasteiger partial charge in [-0.15, -0.1) is 11.3 Å². The first kappa shape index (κ1) is 18.7. The van der Waals surface area contributed by atoms with Crippen molar-refractivity contribution in [3.8, 4) is 17.0 Å². The molecule has 6 heteroatoms. The van der Waals surface area contributed by atoms with E-state index in [1.165, 1.54) is 42.6 Å². The Morgan fingerprint density at radius 3 is 3.00 bits per heavy atom. The molecule has 1 amide bonds. The average molecular weight is 396 g/mol. The zero-order valence-electron chi connectivity index (χ0n) is 16.3. The second-order valence-corrected chi connectivity index (χ2v) is 8.18. The molecule has 0 aliphatic heterocycles. The quantitative estimate of drug-likeness (QED) is 0.602. The van der Waals surface area contributed by atoms with Crippen LogP contribution in [-0.4, -0.2) is 29.3 Å². The summed E-state index contributed by atoms with van der Waals surface area (Å²) >= 11 is 1.49. The number of ether oxygens (including phenoxy) is 1. The Kier molecular flexibility index (Phi) is 5.48. The number of thiophene rings is 1. The predicted molar refractivity (Wildman–Crippen MR) is 114 cm³/mol. The molecule has 0 spiro atoms. The number of carbonyl (C=O) groups is 1. The van der Waals surface area contributed by atoms with Crippen LogP contribution in [0.25, 0.3) is 21.5 Å². The number of methoxy groups -OCH3 is 1. The van der Waals surface area contributed by atoms with Gasteiger partial charge in [0.2, 0.25) is 0 Å². The molecule has 1 aliphatic rings. The van der Waals surface area contributed by atoms with E-state index in [9.17, 15) is 4.79 Å². The van der Waals surface area contributed by atoms with Crippen LogP contribution in [0.15, 0.2) is 42.0 Å². The summed E-state index contributed by atoms with van der Waals surface area (Å²) in [4.78, 5) is 14.4. The van der Waals surface area contributed by atoms with Crippen molar-refractivity contribution in [2.24, 2.45) is 7.05 Å². The Morgan fingerprint density at radius 2 is 2.21 bits per heavy atom. The minimum absolute atomic E-state index is 0.00537. The van der Waals surface area contributed by atoms with Crippen LogP contribution in [-0.2, 0) is 7.05 Å². The number of amides is 1. The summed E-state index contributed by atoms with van der Waals surface area (Å²) in [5.41, 5.74) is 3.34. The molecule has 1 N–H and O–H groups in total. The van der Waals surface area contributed by atoms with Crippen molar-refractivity contribution in [2.75, 3.05) is 13.7 Å². The van der Waals surface area contributed by atoms with Crippen LogP contribution in [0.1, 0.15) is 41.8 Å². The van der Waals surface area contributed by atoms with Gasteiger partial charge in [-0.1, -0.05) is 23.8 Å². The molecule has 28 heavy (non-hydrogen) atoms. The van der Waals surface area contributed by atoms with Crippen molar-refractivity contribution in [1.29, 1.82) is 0 Å². The molecule has 0 atom stereocenters. The first-order valence-electron chi connectivity index (χ1n) is 9.73. The molecular weight excluding hydrogens is 370 g/mol. The van der Waals surface area contributed by atoms with Crippen molar-refractivity contribution >= 4 is 27.5 Å². The number of fused-ring (bicyclic) bond motifs is 1. The average Bonchev–Trinajstić information content (AvgIpc) is 3.29. The second-order valence-electron chi connectivity index (χ2n) is 7.15. The molecule has 0 saturated carbocycles. The van der Waals surface area contributed by atoms with Gasteiger partial charge in [-0.3, -0.25) is 9.48 Å². The minimum Gasteiger partial charge on any atom is -0.497 e. The highest BCUT2D eigenvalue weighted by atomic mass is 32.1. The molecule has 3 aromatic rings. The Hall–Kier alpha value is -2.60. The molecule has 0 radical (unpaired) electrons. The molecule has 1 aromatic carbocycles. The zero-order valence-corrected chi connectivity index (χ0v) is 17.1. The lowest BCUT2D eigenvalue weighted by Crippen LogP contribution is -2.24. The van der Waals surface area contributed by atoms with Gasteiger partial charge in [-0.05, 0) is 50.3 Å². The van der Waals surface area contributed by atoms with Crippen LogP contribution in [0.2, 0.25) is 0 Å². The Balaban J connectivity index is 1.52. The molecule has 0 fully saturated rings. The summed E-state index contributed by atoms with van der Waals surface area (Å²) in [5, 5.41) is 8.73. The van der Waals surface area contributed by atoms with E-state index in [2.05, 4.69) is 16.5 Å². The third-order valence-electron chi connectivity index (χ3n) is 5.20. The molecule has 0 unspecified atom stereocenters. The first-order chi connectivity index (χ1) is 13.7. The predicted octanol–water partition coefficient (Wildman–Crippen LogP) is 4.93. The van der Waals surface area contributed by atoms with Crippen LogP contribution < -0.4 is 10.1 Å². The molecule has 0 bridgehead atoms. The summed E-state index contributed by atoms with van der Waals surface area (Å²) < 4.78 is 7.18. The second kappa shape index (κ2) is 8.19. The summed E-state index contributed by atoms with van der Waals surface area (Å²) in [5.74, 6) is 0.788. The molecular formula is C22H25N3O2S. The van der Waals surface area contributed by atoms with E-state index in [1.54, 1.807) is 7.11 Å². The summed E-state index contributed by atoms with van der Waals surface area (Å²) in [6.07, 6.45) is 8.21. The summed E-state index contributed by atoms with van der Waals surface area (Å²) in [6.45, 7) is 0.694. The molecule has 1 aliphatic carbocycles. The highest BCUT2D eigenvalue weighted by molar-refractivity contribution is 7.20. The van der Waals surface area contributed by atoms with E-state index in [4.69, 9.17) is 4.74 Å². The molecule has 2 heterocycles. The van der Waals surface area contributed by atoms with E-state index < -0.39 is 0 Å². The van der Waals surface area contributed by atoms with Gasteiger partial charge in [-0.25, -0.2) is 0 Å². The highest BCUT2D eigenvalue weighted by Gasteiger charge is 2.18. The molecule has 0 saturated heterocycles. The number of allylic oxidation sites excluding steroid dienone is 1. The number of nitrogens with zero attached hydrogens (tertiary/aromatic N) is 2. The standard InChI is InChI=1S/C22H25N3O2S/c1-25-22-18(20(24-25)16-9-6-10-17(13-16)27-2)14-19(28-22)21(26)23-12-11-15-7-4-3-5-8-15/h6-7,9-10,13-14H,3-5,8,11-12H2,1-2H3,(H,23,26). The van der Waals surface area contributed by atoms with E-state index in [-0.39, 0.29) is 5.91 Å². The van der Waals surface area contributed by atoms with Gasteiger partial charge in [0.1, 0.15) is 16.3 Å². The topological polar surface area (TPSA) is 56.2 Å². The van der Waals surface area contributed by atoms with E-state index >= 15 is 0 Å². The Morgan fingerprint density at radius 1 is 1.32 bits per heavy atom. The fraction of sp³-hybridized carbons (Fsp3) is 0.364. The third kappa shape index (κ3) is 3.83. The summed E-state index contributed by atoms with van der Waals surface area (Å²) in [7, 11) is 3.57. The van der Waals surface area contributed by atoms with Gasteiger partial charge in [0.25, 0.3) is 5.91 Å². The minimum atomic E-state index is -0.00537. The maximum Gasteiger partial charge on any atom is 0.261 e. The Bertz CT molecular complexity index is 1030. The SMILES string of the molecule is COc1cccc(-c2nn(C)c3sc(C(=O)NCCC4=CCCCC4)cc23)c1. The van der Waals surface area contributed by atoms with Crippen molar-refractivity contribution in [1.82, 2.24) is 15.1 Å². The number of aryl methyl sites for hydroxylation is 1. The number of hydrogen-bond donors (Lipinski definition) is 1. The van der Waals surface area contributed by atoms with Gasteiger partial charge in [0.05, 0.1) is 12.0 Å². The normalized spacial score (nSPS) is 14.1.